The van der Waals surface area contributed by atoms with Gasteiger partial charge in [0.25, 0.3) is 11.9 Å². The molecule has 0 fully saturated rings. The van der Waals surface area contributed by atoms with Crippen LogP contribution in [0, 0.1) is 0 Å². The zero-order valence-corrected chi connectivity index (χ0v) is 28.6. The second kappa shape index (κ2) is 17.1. The maximum Gasteiger partial charge on any atom is 0.267 e. The van der Waals surface area contributed by atoms with Gasteiger partial charge in [0.1, 0.15) is 10.8 Å². The fourth-order valence-corrected chi connectivity index (χ4v) is 6.64. The van der Waals surface area contributed by atoms with E-state index in [0.717, 1.165) is 31.4 Å². The van der Waals surface area contributed by atoms with Gasteiger partial charge in [-0.05, 0) is 43.5 Å². The molecule has 2 aromatic heterocycles. The number of fused-ring (bicyclic) bond motifs is 1. The maximum atomic E-state index is 13.4. The number of amides is 1. The molecule has 1 amide bonds. The number of ether oxygens (including phenoxy) is 1. The molecule has 0 aliphatic carbocycles. The minimum absolute atomic E-state index is 0.0718. The molecule has 1 aromatic carbocycles. The predicted octanol–water partition coefficient (Wildman–Crippen LogP) is 8.25. The summed E-state index contributed by atoms with van der Waals surface area (Å²) in [7, 11) is -3.41. The molecule has 10 nitrogen and oxygen atoms in total. The first-order valence-corrected chi connectivity index (χ1v) is 18.2. The molecule has 3 rings (SSSR count). The average Bonchev–Trinajstić information content (AvgIpc) is 3.51. The summed E-state index contributed by atoms with van der Waals surface area (Å²) in [6.45, 7) is 10.3. The lowest BCUT2D eigenvalue weighted by Crippen LogP contribution is -2.33. The Morgan fingerprint density at radius 2 is 1.55 bits per heavy atom. The van der Waals surface area contributed by atoms with E-state index in [9.17, 15) is 13.2 Å². The number of aromatic nitrogens is 4. The van der Waals surface area contributed by atoms with E-state index in [1.54, 1.807) is 24.3 Å². The maximum absolute atomic E-state index is 13.4. The Labute approximate surface area is 268 Å². The normalized spacial score (nSPS) is 12.9. The van der Waals surface area contributed by atoms with Crippen LogP contribution in [0.15, 0.2) is 24.3 Å². The Hall–Kier alpha value is -2.79. The van der Waals surface area contributed by atoms with Gasteiger partial charge in [-0.1, -0.05) is 110 Å². The molecular weight excluding hydrogens is 600 g/mol. The van der Waals surface area contributed by atoms with E-state index in [-0.39, 0.29) is 23.0 Å². The Balaban J connectivity index is 1.63. The summed E-state index contributed by atoms with van der Waals surface area (Å²) in [6, 6.07) is 6.62. The third-order valence-electron chi connectivity index (χ3n) is 7.51. The summed E-state index contributed by atoms with van der Waals surface area (Å²) >= 11 is 6.56. The standard InChI is InChI=1S/C32H51ClN6O4S/c1-6-8-10-11-12-13-14-15-16-17-18-26(43-25-21-19-24(20-22-25)38-44(41,42)23-9-7-2)30(40)35-31-34-29-27(33)28(32(3,4)5)36-39(29)37-31/h19-22,26,36,38H,6-18,23H2,1-5H3,(H,35,37,40). The zero-order valence-electron chi connectivity index (χ0n) is 27.0. The Morgan fingerprint density at radius 1 is 0.955 bits per heavy atom. The molecule has 0 bridgehead atoms. The zero-order chi connectivity index (χ0) is 32.2. The summed E-state index contributed by atoms with van der Waals surface area (Å²) in [6.07, 6.45) is 13.0. The summed E-state index contributed by atoms with van der Waals surface area (Å²) in [5, 5.41) is 10.8. The first-order chi connectivity index (χ1) is 20.9. The molecule has 0 saturated carbocycles. The van der Waals surface area contributed by atoms with Crippen LogP contribution in [0.25, 0.3) is 5.65 Å². The Morgan fingerprint density at radius 3 is 2.11 bits per heavy atom. The van der Waals surface area contributed by atoms with E-state index < -0.39 is 16.1 Å². The van der Waals surface area contributed by atoms with Crippen LogP contribution in [0.5, 0.6) is 5.75 Å². The van der Waals surface area contributed by atoms with Gasteiger partial charge in [0.2, 0.25) is 10.0 Å². The molecule has 246 valence electrons. The summed E-state index contributed by atoms with van der Waals surface area (Å²) in [5.74, 6) is 0.321. The van der Waals surface area contributed by atoms with Gasteiger partial charge in [0.05, 0.1) is 11.4 Å². The summed E-state index contributed by atoms with van der Waals surface area (Å²) in [5.41, 5.74) is 1.48. The van der Waals surface area contributed by atoms with E-state index in [1.165, 1.54) is 49.6 Å². The van der Waals surface area contributed by atoms with E-state index in [4.69, 9.17) is 16.3 Å². The minimum atomic E-state index is -3.41. The second-order valence-corrected chi connectivity index (χ2v) is 14.8. The van der Waals surface area contributed by atoms with Crippen LogP contribution >= 0.6 is 11.6 Å². The van der Waals surface area contributed by atoms with E-state index in [1.807, 2.05) is 27.7 Å². The molecule has 1 unspecified atom stereocenters. The van der Waals surface area contributed by atoms with Crippen molar-refractivity contribution in [3.63, 3.8) is 0 Å². The number of hydrogen-bond donors (Lipinski definition) is 3. The average molecular weight is 651 g/mol. The van der Waals surface area contributed by atoms with Crippen molar-refractivity contribution in [2.24, 2.45) is 0 Å². The smallest absolute Gasteiger partial charge is 0.267 e. The van der Waals surface area contributed by atoms with Crippen LogP contribution in [0.4, 0.5) is 11.6 Å². The number of carbonyl (C=O) groups is 1. The molecule has 3 aromatic rings. The van der Waals surface area contributed by atoms with Gasteiger partial charge in [-0.15, -0.1) is 5.10 Å². The number of nitrogens with one attached hydrogen (secondary N) is 3. The van der Waals surface area contributed by atoms with Gasteiger partial charge >= 0.3 is 0 Å². The molecule has 44 heavy (non-hydrogen) atoms. The van der Waals surface area contributed by atoms with Gasteiger partial charge in [-0.2, -0.15) is 9.61 Å². The van der Waals surface area contributed by atoms with Crippen molar-refractivity contribution in [3.05, 3.63) is 35.0 Å². The highest BCUT2D eigenvalue weighted by atomic mass is 35.5. The van der Waals surface area contributed by atoms with Crippen molar-refractivity contribution >= 4 is 44.8 Å². The number of nitrogens with zero attached hydrogens (tertiary/aromatic N) is 3. The van der Waals surface area contributed by atoms with Gasteiger partial charge in [0.15, 0.2) is 11.8 Å². The van der Waals surface area contributed by atoms with Gasteiger partial charge in [-0.3, -0.25) is 19.9 Å². The number of anilines is 2. The molecule has 0 radical (unpaired) electrons. The van der Waals surface area contributed by atoms with E-state index >= 15 is 0 Å². The fraction of sp³-hybridized carbons (Fsp3) is 0.656. The fourth-order valence-electron chi connectivity index (χ4n) is 4.93. The second-order valence-electron chi connectivity index (χ2n) is 12.6. The number of H-pyrrole nitrogens is 1. The van der Waals surface area contributed by atoms with Crippen molar-refractivity contribution in [2.75, 3.05) is 15.8 Å². The van der Waals surface area contributed by atoms with Crippen molar-refractivity contribution in [1.82, 2.24) is 19.8 Å². The van der Waals surface area contributed by atoms with Crippen LogP contribution in [-0.4, -0.2) is 46.0 Å². The van der Waals surface area contributed by atoms with Crippen LogP contribution in [0.1, 0.15) is 124 Å². The summed E-state index contributed by atoms with van der Waals surface area (Å²) in [4.78, 5) is 17.8. The van der Waals surface area contributed by atoms with Crippen molar-refractivity contribution in [1.29, 1.82) is 0 Å². The largest absolute Gasteiger partial charge is 0.481 e. The van der Waals surface area contributed by atoms with Crippen molar-refractivity contribution in [3.8, 4) is 5.75 Å². The lowest BCUT2D eigenvalue weighted by atomic mass is 9.92. The highest BCUT2D eigenvalue weighted by Crippen LogP contribution is 2.31. The predicted molar refractivity (Wildman–Crippen MR) is 179 cm³/mol. The number of benzene rings is 1. The number of carbonyl (C=O) groups excluding carboxylic acids is 1. The van der Waals surface area contributed by atoms with Crippen LogP contribution in [0.3, 0.4) is 0 Å². The van der Waals surface area contributed by atoms with Crippen LogP contribution in [-0.2, 0) is 20.2 Å². The van der Waals surface area contributed by atoms with Gasteiger partial charge in [0, 0.05) is 11.1 Å². The van der Waals surface area contributed by atoms with Crippen molar-refractivity contribution in [2.45, 2.75) is 130 Å². The highest BCUT2D eigenvalue weighted by molar-refractivity contribution is 7.92. The number of sulfonamides is 1. The number of hydrogen-bond acceptors (Lipinski definition) is 6. The van der Waals surface area contributed by atoms with Crippen LogP contribution in [0.2, 0.25) is 5.02 Å². The summed E-state index contributed by atoms with van der Waals surface area (Å²) < 4.78 is 34.7. The number of aromatic amines is 1. The molecule has 3 N–H and O–H groups in total. The molecule has 2 heterocycles. The Bertz CT molecular complexity index is 1410. The molecule has 0 saturated heterocycles. The number of halogens is 1. The van der Waals surface area contributed by atoms with Gasteiger partial charge < -0.3 is 4.74 Å². The van der Waals surface area contributed by atoms with Crippen molar-refractivity contribution < 1.29 is 17.9 Å². The van der Waals surface area contributed by atoms with Gasteiger partial charge in [-0.25, -0.2) is 8.42 Å². The molecule has 0 aliphatic heterocycles. The molecule has 12 heteroatoms. The van der Waals surface area contributed by atoms with E-state index in [0.29, 0.717) is 34.9 Å². The number of rotatable bonds is 20. The molecule has 0 spiro atoms. The lowest BCUT2D eigenvalue weighted by molar-refractivity contribution is -0.123. The van der Waals surface area contributed by atoms with E-state index in [2.05, 4.69) is 32.1 Å². The first-order valence-electron chi connectivity index (χ1n) is 16.2. The van der Waals surface area contributed by atoms with Crippen LogP contribution < -0.4 is 14.8 Å². The Kier molecular flexibility index (Phi) is 13.8. The molecular formula is C32H51ClN6O4S. The molecule has 0 aliphatic rings. The third-order valence-corrected chi connectivity index (χ3v) is 9.24. The molecule has 1 atom stereocenters. The minimum Gasteiger partial charge on any atom is -0.481 e. The monoisotopic (exact) mass is 650 g/mol. The number of unbranched alkanes of at least 4 members (excludes halogenated alkanes) is 10. The lowest BCUT2D eigenvalue weighted by Gasteiger charge is -2.18. The highest BCUT2D eigenvalue weighted by Gasteiger charge is 2.26. The third kappa shape index (κ3) is 11.3. The SMILES string of the molecule is CCCCCCCCCCCCC(Oc1ccc(NS(=O)(=O)CCCC)cc1)C(=O)Nc1nc2c(Cl)c(C(C)(C)C)[nH]n2n1. The topological polar surface area (TPSA) is 130 Å². The first kappa shape index (κ1) is 35.7. The quantitative estimate of drug-likeness (QED) is 0.106.